The maximum atomic E-state index is 12.8. The Balaban J connectivity index is 1.28. The van der Waals surface area contributed by atoms with Crippen molar-refractivity contribution in [2.45, 2.75) is 124 Å². The summed E-state index contributed by atoms with van der Waals surface area (Å²) in [4.78, 5) is 34.5. The minimum absolute atomic E-state index is 0.00892. The molecular formula is C38H67NO9P+. The third kappa shape index (κ3) is 10.6. The Hall–Kier alpha value is -1.45. The van der Waals surface area contributed by atoms with Gasteiger partial charge in [0.15, 0.2) is 6.10 Å². The van der Waals surface area contributed by atoms with Crippen molar-refractivity contribution in [3.8, 4) is 0 Å². The highest BCUT2D eigenvalue weighted by Crippen LogP contribution is 2.67. The summed E-state index contributed by atoms with van der Waals surface area (Å²) in [7, 11) is 1.40. The Labute approximate surface area is 296 Å². The number of hydrogen-bond acceptors (Lipinski definition) is 8. The number of carbonyl (C=O) groups excluding carboxylic acids is 2. The molecule has 0 amide bonds. The lowest BCUT2D eigenvalue weighted by Gasteiger charge is -2.58. The SMILES string of the molecule is CC(=O)OC(COC(=O)OC1CC[C@@]2(C)C(=CC[C@H]3[C@@H]4CC[C@H]([C@H](C)CCCC(C)C)[C@@]4(C)CC[C@@H]32)C1)COP(=O)(O)OCC[N+](C)(C)C. The number of ether oxygens (including phenoxy) is 3. The van der Waals surface area contributed by atoms with E-state index in [1.54, 1.807) is 0 Å². The number of esters is 1. The van der Waals surface area contributed by atoms with Crippen LogP contribution in [0, 0.1) is 46.3 Å². The average Bonchev–Trinajstić information content (AvgIpc) is 3.35. The fourth-order valence-corrected chi connectivity index (χ4v) is 10.8. The number of fused-ring (bicyclic) bond motifs is 5. The van der Waals surface area contributed by atoms with E-state index in [9.17, 15) is 19.0 Å². The van der Waals surface area contributed by atoms with Crippen molar-refractivity contribution < 1.29 is 46.8 Å². The van der Waals surface area contributed by atoms with E-state index in [1.165, 1.54) is 57.4 Å². The van der Waals surface area contributed by atoms with Crippen molar-refractivity contribution in [2.24, 2.45) is 46.3 Å². The van der Waals surface area contributed by atoms with Crippen LogP contribution in [0.3, 0.4) is 0 Å². The number of allylic oxidation sites excluding steroid dienone is 1. The van der Waals surface area contributed by atoms with Gasteiger partial charge < -0.3 is 23.6 Å². The van der Waals surface area contributed by atoms with E-state index in [0.717, 1.165) is 48.9 Å². The minimum atomic E-state index is -4.39. The lowest BCUT2D eigenvalue weighted by atomic mass is 9.47. The molecule has 0 aromatic rings. The lowest BCUT2D eigenvalue weighted by Crippen LogP contribution is -2.51. The van der Waals surface area contributed by atoms with Crippen LogP contribution in [-0.4, -0.2) is 81.2 Å². The first-order valence-corrected chi connectivity index (χ1v) is 20.4. The molecule has 4 aliphatic rings. The highest BCUT2D eigenvalue weighted by molar-refractivity contribution is 7.47. The van der Waals surface area contributed by atoms with Crippen molar-refractivity contribution in [3.63, 3.8) is 0 Å². The highest BCUT2D eigenvalue weighted by atomic mass is 31.2. The molecule has 4 aliphatic carbocycles. The van der Waals surface area contributed by atoms with Crippen molar-refractivity contribution in [1.82, 2.24) is 0 Å². The van der Waals surface area contributed by atoms with Crippen LogP contribution in [0.2, 0.25) is 0 Å². The van der Waals surface area contributed by atoms with Gasteiger partial charge in [0.25, 0.3) is 0 Å². The highest BCUT2D eigenvalue weighted by Gasteiger charge is 2.59. The normalized spacial score (nSPS) is 33.7. The van der Waals surface area contributed by atoms with E-state index in [2.05, 4.69) is 40.7 Å². The van der Waals surface area contributed by atoms with Crippen molar-refractivity contribution in [1.29, 1.82) is 0 Å². The van der Waals surface area contributed by atoms with E-state index < -0.39 is 32.7 Å². The summed E-state index contributed by atoms with van der Waals surface area (Å²) in [6, 6.07) is 0. The number of phosphoric acid groups is 1. The monoisotopic (exact) mass is 712 g/mol. The van der Waals surface area contributed by atoms with Gasteiger partial charge in [-0.05, 0) is 91.3 Å². The molecule has 10 atom stereocenters. The quantitative estimate of drug-likeness (QED) is 0.0730. The Morgan fingerprint density at radius 3 is 2.41 bits per heavy atom. The Morgan fingerprint density at radius 1 is 1.00 bits per heavy atom. The maximum Gasteiger partial charge on any atom is 0.508 e. The number of nitrogens with zero attached hydrogens (tertiary/aromatic N) is 1. The van der Waals surface area contributed by atoms with Gasteiger partial charge in [-0.1, -0.05) is 65.5 Å². The molecule has 49 heavy (non-hydrogen) atoms. The van der Waals surface area contributed by atoms with Gasteiger partial charge >= 0.3 is 19.9 Å². The van der Waals surface area contributed by atoms with Crippen molar-refractivity contribution >= 4 is 19.9 Å². The molecule has 0 heterocycles. The molecule has 0 bridgehead atoms. The fourth-order valence-electron chi connectivity index (χ4n) is 10.1. The second-order valence-electron chi connectivity index (χ2n) is 17.7. The van der Waals surface area contributed by atoms with Gasteiger partial charge in [-0.3, -0.25) is 13.8 Å². The molecule has 1 N–H and O–H groups in total. The predicted octanol–water partition coefficient (Wildman–Crippen LogP) is 8.32. The predicted molar refractivity (Wildman–Crippen MR) is 189 cm³/mol. The van der Waals surface area contributed by atoms with E-state index in [0.29, 0.717) is 28.8 Å². The summed E-state index contributed by atoms with van der Waals surface area (Å²) < 4.78 is 39.2. The fraction of sp³-hybridized carbons (Fsp3) is 0.895. The zero-order valence-corrected chi connectivity index (χ0v) is 32.8. The number of rotatable bonds is 16. The molecule has 0 saturated heterocycles. The van der Waals surface area contributed by atoms with Crippen LogP contribution in [0.25, 0.3) is 0 Å². The number of likely N-dealkylation sites (N-methyl/N-ethyl adjacent to an activating group) is 1. The number of phosphoric ester groups is 1. The number of carbonyl (C=O) groups is 2. The van der Waals surface area contributed by atoms with Crippen LogP contribution in [-0.2, 0) is 32.6 Å². The average molecular weight is 713 g/mol. The summed E-state index contributed by atoms with van der Waals surface area (Å²) in [5.41, 5.74) is 2.01. The van der Waals surface area contributed by atoms with Gasteiger partial charge in [-0.15, -0.1) is 0 Å². The standard InChI is InChI=1S/C38H66NO9P/c1-26(2)11-10-12-27(3)33-15-16-34-32-14-13-29-23-30(17-19-37(29,5)35(32)18-20-38(33,34)6)48-36(41)44-24-31(47-28(4)40)25-46-49(42,43)45-22-21-39(7,8)9/h13,26-27,30-35H,10-12,14-25H2,1-9H3/p+1/t27-,30?,31?,32+,33-,34+,35+,37+,38-/m1/s1. The molecule has 3 fully saturated rings. The minimum Gasteiger partial charge on any atom is -0.456 e. The second-order valence-corrected chi connectivity index (χ2v) is 19.1. The molecular weight excluding hydrogens is 645 g/mol. The molecule has 0 aromatic heterocycles. The summed E-state index contributed by atoms with van der Waals surface area (Å²) in [6.07, 6.45) is 13.3. The molecule has 0 aromatic carbocycles. The molecule has 4 rings (SSSR count). The first kappa shape index (κ1) is 40.3. The molecule has 0 aliphatic heterocycles. The molecule has 3 unspecified atom stereocenters. The summed E-state index contributed by atoms with van der Waals surface area (Å²) in [6.45, 7) is 13.2. The third-order valence-corrected chi connectivity index (χ3v) is 13.7. The number of quaternary nitrogens is 1. The van der Waals surface area contributed by atoms with Gasteiger partial charge in [0.2, 0.25) is 0 Å². The summed E-state index contributed by atoms with van der Waals surface area (Å²) >= 11 is 0. The Kier molecular flexibility index (Phi) is 13.6. The first-order valence-electron chi connectivity index (χ1n) is 19.0. The van der Waals surface area contributed by atoms with Crippen LogP contribution in [0.1, 0.15) is 112 Å². The van der Waals surface area contributed by atoms with E-state index in [4.69, 9.17) is 23.3 Å². The molecule has 0 radical (unpaired) electrons. The van der Waals surface area contributed by atoms with Crippen LogP contribution in [0.15, 0.2) is 11.6 Å². The first-order chi connectivity index (χ1) is 22.8. The van der Waals surface area contributed by atoms with Gasteiger partial charge in [-0.25, -0.2) is 9.36 Å². The molecule has 10 nitrogen and oxygen atoms in total. The van der Waals surface area contributed by atoms with Crippen LogP contribution >= 0.6 is 7.82 Å². The van der Waals surface area contributed by atoms with Crippen molar-refractivity contribution in [3.05, 3.63) is 11.6 Å². The molecule has 0 spiro atoms. The van der Waals surface area contributed by atoms with Crippen LogP contribution in [0.4, 0.5) is 4.79 Å². The third-order valence-electron chi connectivity index (χ3n) is 12.7. The van der Waals surface area contributed by atoms with Crippen LogP contribution < -0.4 is 0 Å². The van der Waals surface area contributed by atoms with E-state index in [1.807, 2.05) is 21.1 Å². The van der Waals surface area contributed by atoms with Gasteiger partial charge in [0, 0.05) is 13.3 Å². The smallest absolute Gasteiger partial charge is 0.456 e. The van der Waals surface area contributed by atoms with E-state index >= 15 is 0 Å². The molecule has 282 valence electrons. The topological polar surface area (TPSA) is 118 Å². The number of hydrogen-bond donors (Lipinski definition) is 1. The Morgan fingerprint density at radius 2 is 1.73 bits per heavy atom. The van der Waals surface area contributed by atoms with Gasteiger partial charge in [-0.2, -0.15) is 0 Å². The zero-order chi connectivity index (χ0) is 36.2. The van der Waals surface area contributed by atoms with Gasteiger partial charge in [0.1, 0.15) is 25.9 Å². The second kappa shape index (κ2) is 16.5. The van der Waals surface area contributed by atoms with Crippen LogP contribution in [0.5, 0.6) is 0 Å². The van der Waals surface area contributed by atoms with E-state index in [-0.39, 0.29) is 24.7 Å². The van der Waals surface area contributed by atoms with Gasteiger partial charge in [0.05, 0.1) is 27.7 Å². The molecule has 3 saturated carbocycles. The Bertz CT molecular complexity index is 1220. The largest absolute Gasteiger partial charge is 0.508 e. The van der Waals surface area contributed by atoms with Crippen molar-refractivity contribution in [2.75, 3.05) is 47.5 Å². The molecule has 11 heteroatoms. The maximum absolute atomic E-state index is 12.8. The zero-order valence-electron chi connectivity index (χ0n) is 31.9. The lowest BCUT2D eigenvalue weighted by molar-refractivity contribution is -0.870. The summed E-state index contributed by atoms with van der Waals surface area (Å²) in [5.74, 6) is 4.00. The summed E-state index contributed by atoms with van der Waals surface area (Å²) in [5, 5.41) is 0.